The molecule has 1 aromatic heterocycles. The number of carbonyl (C=O) groups excluding carboxylic acids is 1. The number of likely N-dealkylation sites (tertiary alicyclic amines) is 1. The lowest BCUT2D eigenvalue weighted by Gasteiger charge is -2.31. The molecule has 0 saturated carbocycles. The van der Waals surface area contributed by atoms with Crippen LogP contribution in [0.15, 0.2) is 11.4 Å². The zero-order valence-electron chi connectivity index (χ0n) is 9.97. The number of oxime groups is 1. The van der Waals surface area contributed by atoms with E-state index in [4.69, 9.17) is 5.21 Å². The molecular formula is C11H16N4O2. The minimum absolute atomic E-state index is 0.0138. The first kappa shape index (κ1) is 11.6. The third-order valence-corrected chi connectivity index (χ3v) is 3.18. The van der Waals surface area contributed by atoms with Crippen molar-refractivity contribution in [3.05, 3.63) is 17.5 Å². The molecule has 1 aromatic rings. The number of piperidine rings is 1. The van der Waals surface area contributed by atoms with Gasteiger partial charge in [0.25, 0.3) is 5.91 Å². The van der Waals surface area contributed by atoms with Crippen LogP contribution >= 0.6 is 0 Å². The van der Waals surface area contributed by atoms with Gasteiger partial charge in [-0.15, -0.1) is 0 Å². The second-order valence-electron chi connectivity index (χ2n) is 4.40. The van der Waals surface area contributed by atoms with Gasteiger partial charge in [-0.25, -0.2) is 0 Å². The average Bonchev–Trinajstić information content (AvgIpc) is 2.74. The van der Waals surface area contributed by atoms with E-state index in [2.05, 4.69) is 15.4 Å². The summed E-state index contributed by atoms with van der Waals surface area (Å²) in [5.74, 6) is 0.0880. The number of rotatable bonds is 1. The van der Waals surface area contributed by atoms with Gasteiger partial charge < -0.3 is 10.1 Å². The molecule has 0 bridgehead atoms. The van der Waals surface area contributed by atoms with Crippen molar-refractivity contribution in [2.45, 2.75) is 20.3 Å². The minimum Gasteiger partial charge on any atom is -0.411 e. The molecule has 2 heterocycles. The van der Waals surface area contributed by atoms with E-state index in [1.165, 1.54) is 0 Å². The molecule has 6 heteroatoms. The smallest absolute Gasteiger partial charge is 0.257 e. The van der Waals surface area contributed by atoms with Crippen molar-refractivity contribution in [3.8, 4) is 0 Å². The van der Waals surface area contributed by atoms with Crippen molar-refractivity contribution in [2.75, 3.05) is 13.1 Å². The summed E-state index contributed by atoms with van der Waals surface area (Å²) in [6.45, 7) is 4.96. The lowest BCUT2D eigenvalue weighted by atomic mass is 9.97. The van der Waals surface area contributed by atoms with Gasteiger partial charge >= 0.3 is 0 Å². The average molecular weight is 236 g/mol. The molecule has 1 aliphatic heterocycles. The molecule has 1 saturated heterocycles. The van der Waals surface area contributed by atoms with E-state index in [-0.39, 0.29) is 11.8 Å². The summed E-state index contributed by atoms with van der Waals surface area (Å²) >= 11 is 0. The predicted octanol–water partition coefficient (Wildman–Crippen LogP) is 1.03. The maximum atomic E-state index is 12.2. The summed E-state index contributed by atoms with van der Waals surface area (Å²) in [6.07, 6.45) is 2.18. The van der Waals surface area contributed by atoms with Crippen LogP contribution in [0.4, 0.5) is 0 Å². The highest BCUT2D eigenvalue weighted by atomic mass is 16.4. The number of H-pyrrole nitrogens is 1. The number of nitrogens with one attached hydrogen (secondary N) is 1. The molecule has 1 atom stereocenters. The molecule has 1 unspecified atom stereocenters. The van der Waals surface area contributed by atoms with E-state index in [1.807, 2.05) is 13.8 Å². The molecule has 0 spiro atoms. The normalized spacial score (nSPS) is 23.1. The van der Waals surface area contributed by atoms with E-state index in [0.717, 1.165) is 11.4 Å². The van der Waals surface area contributed by atoms with Gasteiger partial charge in [0.15, 0.2) is 0 Å². The van der Waals surface area contributed by atoms with Gasteiger partial charge in [-0.3, -0.25) is 9.89 Å². The number of carbonyl (C=O) groups is 1. The first-order valence-corrected chi connectivity index (χ1v) is 5.63. The number of hydrogen-bond acceptors (Lipinski definition) is 4. The lowest BCUT2D eigenvalue weighted by molar-refractivity contribution is 0.0733. The maximum absolute atomic E-state index is 12.2. The summed E-state index contributed by atoms with van der Waals surface area (Å²) in [7, 11) is 0. The van der Waals surface area contributed by atoms with E-state index in [9.17, 15) is 4.79 Å². The summed E-state index contributed by atoms with van der Waals surface area (Å²) in [4.78, 5) is 14.0. The second-order valence-corrected chi connectivity index (χ2v) is 4.40. The first-order chi connectivity index (χ1) is 8.13. The number of aromatic amines is 1. The van der Waals surface area contributed by atoms with Crippen LogP contribution in [0.2, 0.25) is 0 Å². The van der Waals surface area contributed by atoms with Crippen molar-refractivity contribution in [2.24, 2.45) is 11.1 Å². The Morgan fingerprint density at radius 1 is 1.71 bits per heavy atom. The van der Waals surface area contributed by atoms with E-state index >= 15 is 0 Å². The fourth-order valence-corrected chi connectivity index (χ4v) is 2.09. The Labute approximate surface area is 99.3 Å². The molecule has 92 valence electrons. The van der Waals surface area contributed by atoms with Gasteiger partial charge in [-0.1, -0.05) is 12.1 Å². The van der Waals surface area contributed by atoms with Crippen LogP contribution in [0, 0.1) is 12.8 Å². The highest BCUT2D eigenvalue weighted by Crippen LogP contribution is 2.17. The number of aromatic nitrogens is 2. The van der Waals surface area contributed by atoms with Gasteiger partial charge in [0, 0.05) is 31.1 Å². The Balaban J connectivity index is 2.11. The molecule has 2 N–H and O–H groups in total. The number of amides is 1. The van der Waals surface area contributed by atoms with Crippen molar-refractivity contribution in [1.82, 2.24) is 15.1 Å². The standard InChI is InChI=1S/C11H16N4O2/c1-7-6-15(4-3-10(7)14-17)11(16)9-5-12-13-8(9)2/h5,7,17H,3-4,6H2,1-2H3,(H,12,13). The first-order valence-electron chi connectivity index (χ1n) is 5.63. The van der Waals surface area contributed by atoms with Crippen molar-refractivity contribution in [3.63, 3.8) is 0 Å². The molecule has 1 amide bonds. The van der Waals surface area contributed by atoms with E-state index < -0.39 is 0 Å². The number of hydrogen-bond donors (Lipinski definition) is 2. The SMILES string of the molecule is Cc1[nH]ncc1C(=O)N1CCC(=NO)C(C)C1. The molecular weight excluding hydrogens is 220 g/mol. The fourth-order valence-electron chi connectivity index (χ4n) is 2.09. The van der Waals surface area contributed by atoms with Crippen molar-refractivity contribution >= 4 is 11.6 Å². The molecule has 6 nitrogen and oxygen atoms in total. The van der Waals surface area contributed by atoms with Crippen LogP contribution in [-0.4, -0.2) is 45.0 Å². The van der Waals surface area contributed by atoms with Gasteiger partial charge in [-0.05, 0) is 6.92 Å². The third kappa shape index (κ3) is 2.15. The van der Waals surface area contributed by atoms with Crippen LogP contribution < -0.4 is 0 Å². The molecule has 1 fully saturated rings. The van der Waals surface area contributed by atoms with E-state index in [1.54, 1.807) is 11.1 Å². The van der Waals surface area contributed by atoms with Crippen LogP contribution in [0.5, 0.6) is 0 Å². The Morgan fingerprint density at radius 3 is 3.00 bits per heavy atom. The number of nitrogens with zero attached hydrogens (tertiary/aromatic N) is 3. The summed E-state index contributed by atoms with van der Waals surface area (Å²) in [6, 6.07) is 0. The molecule has 17 heavy (non-hydrogen) atoms. The zero-order valence-corrected chi connectivity index (χ0v) is 9.97. The van der Waals surface area contributed by atoms with E-state index in [0.29, 0.717) is 25.1 Å². The van der Waals surface area contributed by atoms with Gasteiger partial charge in [0.1, 0.15) is 0 Å². The van der Waals surface area contributed by atoms with Crippen LogP contribution in [0.3, 0.4) is 0 Å². The van der Waals surface area contributed by atoms with Gasteiger partial charge in [0.05, 0.1) is 17.5 Å². The second kappa shape index (κ2) is 4.57. The largest absolute Gasteiger partial charge is 0.411 e. The summed E-state index contributed by atoms with van der Waals surface area (Å²) in [5.41, 5.74) is 2.16. The van der Waals surface area contributed by atoms with Crippen molar-refractivity contribution in [1.29, 1.82) is 0 Å². The third-order valence-electron chi connectivity index (χ3n) is 3.18. The highest BCUT2D eigenvalue weighted by molar-refractivity contribution is 5.97. The topological polar surface area (TPSA) is 81.6 Å². The quantitative estimate of drug-likeness (QED) is 0.564. The number of aryl methyl sites for hydroxylation is 1. The Kier molecular flexibility index (Phi) is 3.12. The molecule has 0 radical (unpaired) electrons. The summed E-state index contributed by atoms with van der Waals surface area (Å²) < 4.78 is 0. The highest BCUT2D eigenvalue weighted by Gasteiger charge is 2.27. The van der Waals surface area contributed by atoms with Crippen LogP contribution in [-0.2, 0) is 0 Å². The van der Waals surface area contributed by atoms with Gasteiger partial charge in [-0.2, -0.15) is 5.10 Å². The Hall–Kier alpha value is -1.85. The Bertz CT molecular complexity index is 452. The monoisotopic (exact) mass is 236 g/mol. The zero-order chi connectivity index (χ0) is 12.4. The maximum Gasteiger partial charge on any atom is 0.257 e. The Morgan fingerprint density at radius 2 is 2.47 bits per heavy atom. The minimum atomic E-state index is -0.0138. The summed E-state index contributed by atoms with van der Waals surface area (Å²) in [5, 5.41) is 18.7. The lowest BCUT2D eigenvalue weighted by Crippen LogP contribution is -2.43. The molecule has 0 aromatic carbocycles. The fraction of sp³-hybridized carbons (Fsp3) is 0.545. The molecule has 2 rings (SSSR count). The van der Waals surface area contributed by atoms with Gasteiger partial charge in [0.2, 0.25) is 0 Å². The molecule has 0 aliphatic carbocycles. The van der Waals surface area contributed by atoms with Crippen LogP contribution in [0.25, 0.3) is 0 Å². The molecule has 1 aliphatic rings. The van der Waals surface area contributed by atoms with Crippen molar-refractivity contribution < 1.29 is 10.0 Å². The van der Waals surface area contributed by atoms with Crippen LogP contribution in [0.1, 0.15) is 29.4 Å². The predicted molar refractivity (Wildman–Crippen MR) is 62.2 cm³/mol.